The number of thiocarbonyl (C=S) groups is 1. The molecule has 2 aliphatic rings. The highest BCUT2D eigenvalue weighted by Crippen LogP contribution is 2.46. The van der Waals surface area contributed by atoms with Crippen LogP contribution in [0.5, 0.6) is 0 Å². The number of fused-ring (bicyclic) bond motifs is 1. The summed E-state index contributed by atoms with van der Waals surface area (Å²) in [5, 5.41) is 0.500. The second kappa shape index (κ2) is 6.13. The average molecular weight is 423 g/mol. The van der Waals surface area contributed by atoms with Crippen molar-refractivity contribution in [2.75, 3.05) is 10.7 Å². The van der Waals surface area contributed by atoms with E-state index in [1.807, 2.05) is 29.2 Å². The Kier molecular flexibility index (Phi) is 4.10. The summed E-state index contributed by atoms with van der Waals surface area (Å²) >= 11 is 10.7. The molecule has 24 heavy (non-hydrogen) atoms. The largest absolute Gasteiger partial charge is 0.319 e. The normalized spacial score (nSPS) is 23.1. The van der Waals surface area contributed by atoms with E-state index in [4.69, 9.17) is 12.2 Å². The van der Waals surface area contributed by atoms with Gasteiger partial charge in [-0.2, -0.15) is 0 Å². The van der Waals surface area contributed by atoms with Gasteiger partial charge >= 0.3 is 0 Å². The lowest BCUT2D eigenvalue weighted by Crippen LogP contribution is -2.33. The van der Waals surface area contributed by atoms with Gasteiger partial charge in [0, 0.05) is 10.2 Å². The number of hydrogen-bond donors (Lipinski definition) is 0. The van der Waals surface area contributed by atoms with Crippen LogP contribution in [0.4, 0.5) is 10.1 Å². The van der Waals surface area contributed by atoms with Crippen molar-refractivity contribution < 1.29 is 9.18 Å². The van der Waals surface area contributed by atoms with Gasteiger partial charge in [-0.1, -0.05) is 28.1 Å². The fourth-order valence-electron chi connectivity index (χ4n) is 3.00. The highest BCUT2D eigenvalue weighted by molar-refractivity contribution is 9.10. The molecule has 1 amide bonds. The van der Waals surface area contributed by atoms with Crippen LogP contribution in [-0.4, -0.2) is 27.7 Å². The Morgan fingerprint density at radius 2 is 1.79 bits per heavy atom. The van der Waals surface area contributed by atoms with E-state index in [0.29, 0.717) is 16.6 Å². The van der Waals surface area contributed by atoms with Crippen LogP contribution in [0.1, 0.15) is 10.9 Å². The summed E-state index contributed by atoms with van der Waals surface area (Å²) in [5.74, 6) is 0.316. The van der Waals surface area contributed by atoms with E-state index in [1.165, 1.54) is 17.0 Å². The van der Waals surface area contributed by atoms with E-state index in [2.05, 4.69) is 15.9 Å². The van der Waals surface area contributed by atoms with Gasteiger partial charge in [-0.25, -0.2) is 4.39 Å². The molecule has 0 spiro atoms. The molecule has 2 fully saturated rings. The van der Waals surface area contributed by atoms with Crippen LogP contribution in [0.3, 0.4) is 0 Å². The Morgan fingerprint density at radius 1 is 1.12 bits per heavy atom. The summed E-state index contributed by atoms with van der Waals surface area (Å²) in [4.78, 5) is 16.3. The number of benzene rings is 2. The minimum atomic E-state index is -0.333. The van der Waals surface area contributed by atoms with Crippen LogP contribution in [0, 0.1) is 5.82 Å². The van der Waals surface area contributed by atoms with E-state index in [9.17, 15) is 9.18 Å². The van der Waals surface area contributed by atoms with Gasteiger partial charge in [0.05, 0.1) is 5.69 Å². The Hall–Kier alpha value is -1.44. The monoisotopic (exact) mass is 422 g/mol. The molecule has 0 radical (unpaired) electrons. The van der Waals surface area contributed by atoms with Crippen molar-refractivity contribution in [2.24, 2.45) is 0 Å². The number of halogens is 2. The molecular formula is C17H12BrFN2OS2. The first-order valence-electron chi connectivity index (χ1n) is 7.35. The predicted molar refractivity (Wildman–Crippen MR) is 101 cm³/mol. The lowest BCUT2D eigenvalue weighted by Gasteiger charge is -2.25. The van der Waals surface area contributed by atoms with E-state index in [0.717, 1.165) is 10.0 Å². The number of carbonyl (C=O) groups is 1. The highest BCUT2D eigenvalue weighted by Gasteiger charge is 2.50. The fourth-order valence-corrected chi connectivity index (χ4v) is 5.18. The molecule has 0 bridgehead atoms. The number of carbonyl (C=O) groups excluding carboxylic acids is 1. The standard InChI is InChI=1S/C17H12BrFN2OS2/c18-11-3-1-10(2-4-11)16-21-14(9-24-16)15(22)20(17(21)23)13-7-5-12(19)6-8-13/h1-8,14,16H,9H2/t14-,16-/m1/s1. The van der Waals surface area contributed by atoms with Gasteiger partial charge in [0.15, 0.2) is 5.11 Å². The molecule has 2 heterocycles. The fraction of sp³-hybridized carbons (Fsp3) is 0.176. The second-order valence-corrected chi connectivity index (χ2v) is 7.99. The molecule has 7 heteroatoms. The van der Waals surface area contributed by atoms with Crippen LogP contribution >= 0.6 is 39.9 Å². The summed E-state index contributed by atoms with van der Waals surface area (Å²) in [6.45, 7) is 0. The number of amides is 1. The molecule has 2 aromatic rings. The molecule has 0 aromatic heterocycles. The topological polar surface area (TPSA) is 23.6 Å². The molecule has 0 aliphatic carbocycles. The molecule has 0 unspecified atom stereocenters. The first kappa shape index (κ1) is 16.1. The molecule has 2 atom stereocenters. The predicted octanol–water partition coefficient (Wildman–Crippen LogP) is 4.34. The summed E-state index contributed by atoms with van der Waals surface area (Å²) < 4.78 is 14.2. The summed E-state index contributed by atoms with van der Waals surface area (Å²) in [6.07, 6.45) is 0. The Labute approximate surface area is 156 Å². The van der Waals surface area contributed by atoms with Gasteiger partial charge < -0.3 is 4.90 Å². The van der Waals surface area contributed by atoms with Crippen molar-refractivity contribution in [1.82, 2.24) is 4.90 Å². The lowest BCUT2D eigenvalue weighted by atomic mass is 10.2. The Morgan fingerprint density at radius 3 is 2.46 bits per heavy atom. The molecule has 0 N–H and O–H groups in total. The smallest absolute Gasteiger partial charge is 0.257 e. The van der Waals surface area contributed by atoms with Crippen LogP contribution in [0.2, 0.25) is 0 Å². The first-order chi connectivity index (χ1) is 11.6. The van der Waals surface area contributed by atoms with Gasteiger partial charge in [-0.05, 0) is 54.2 Å². The third-order valence-electron chi connectivity index (χ3n) is 4.16. The number of thioether (sulfide) groups is 1. The molecule has 4 rings (SSSR count). The maximum absolute atomic E-state index is 13.2. The zero-order valence-electron chi connectivity index (χ0n) is 12.4. The van der Waals surface area contributed by atoms with Crippen LogP contribution in [0.25, 0.3) is 0 Å². The SMILES string of the molecule is O=C1[C@H]2CS[C@H](c3ccc(Br)cc3)N2C(=S)N1c1ccc(F)cc1. The minimum absolute atomic E-state index is 0.0185. The molecule has 2 saturated heterocycles. The average Bonchev–Trinajstić information content (AvgIpc) is 3.11. The van der Waals surface area contributed by atoms with Crippen LogP contribution < -0.4 is 4.90 Å². The molecule has 122 valence electrons. The Bertz CT molecular complexity index is 812. The summed E-state index contributed by atoms with van der Waals surface area (Å²) in [7, 11) is 0. The Balaban J connectivity index is 1.67. The van der Waals surface area contributed by atoms with Gasteiger partial charge in [-0.3, -0.25) is 9.69 Å². The number of nitrogens with zero attached hydrogens (tertiary/aromatic N) is 2. The van der Waals surface area contributed by atoms with Gasteiger partial charge in [-0.15, -0.1) is 11.8 Å². The third kappa shape index (κ3) is 2.55. The van der Waals surface area contributed by atoms with Gasteiger partial charge in [0.25, 0.3) is 5.91 Å². The zero-order valence-corrected chi connectivity index (χ0v) is 15.6. The highest BCUT2D eigenvalue weighted by atomic mass is 79.9. The zero-order chi connectivity index (χ0) is 16.8. The van der Waals surface area contributed by atoms with Crippen molar-refractivity contribution >= 4 is 56.6 Å². The maximum atomic E-state index is 13.2. The van der Waals surface area contributed by atoms with Gasteiger partial charge in [0.1, 0.15) is 17.2 Å². The van der Waals surface area contributed by atoms with Crippen LogP contribution in [0.15, 0.2) is 53.0 Å². The van der Waals surface area contributed by atoms with Crippen molar-refractivity contribution in [1.29, 1.82) is 0 Å². The lowest BCUT2D eigenvalue weighted by molar-refractivity contribution is -0.119. The maximum Gasteiger partial charge on any atom is 0.257 e. The quantitative estimate of drug-likeness (QED) is 0.671. The third-order valence-corrected chi connectivity index (χ3v) is 6.40. The van der Waals surface area contributed by atoms with E-state index in [-0.39, 0.29) is 23.1 Å². The first-order valence-corrected chi connectivity index (χ1v) is 9.60. The summed E-state index contributed by atoms with van der Waals surface area (Å²) in [6, 6.07) is 13.7. The van der Waals surface area contributed by atoms with Crippen molar-refractivity contribution in [3.63, 3.8) is 0 Å². The summed E-state index contributed by atoms with van der Waals surface area (Å²) in [5.41, 5.74) is 1.72. The van der Waals surface area contributed by atoms with E-state index >= 15 is 0 Å². The second-order valence-electron chi connectivity index (χ2n) is 5.59. The van der Waals surface area contributed by atoms with Crippen LogP contribution in [-0.2, 0) is 4.79 Å². The number of anilines is 1. The van der Waals surface area contributed by atoms with E-state index < -0.39 is 0 Å². The molecule has 2 aliphatic heterocycles. The molecule has 2 aromatic carbocycles. The number of hydrogen-bond acceptors (Lipinski definition) is 3. The molecular weight excluding hydrogens is 411 g/mol. The van der Waals surface area contributed by atoms with Crippen molar-refractivity contribution in [3.8, 4) is 0 Å². The number of rotatable bonds is 2. The van der Waals surface area contributed by atoms with Crippen molar-refractivity contribution in [3.05, 3.63) is 64.4 Å². The molecule has 0 saturated carbocycles. The molecule has 3 nitrogen and oxygen atoms in total. The van der Waals surface area contributed by atoms with E-state index in [1.54, 1.807) is 23.9 Å². The van der Waals surface area contributed by atoms with Gasteiger partial charge in [0.2, 0.25) is 0 Å². The van der Waals surface area contributed by atoms with Crippen molar-refractivity contribution in [2.45, 2.75) is 11.4 Å². The minimum Gasteiger partial charge on any atom is -0.319 e.